The molecule has 1 aliphatic carbocycles. The van der Waals surface area contributed by atoms with Gasteiger partial charge in [-0.2, -0.15) is 0 Å². The summed E-state index contributed by atoms with van der Waals surface area (Å²) in [5, 5.41) is 3.12. The summed E-state index contributed by atoms with van der Waals surface area (Å²) in [6.45, 7) is 3.11. The molecule has 0 bridgehead atoms. The molecule has 0 radical (unpaired) electrons. The van der Waals surface area contributed by atoms with Crippen LogP contribution in [0.3, 0.4) is 0 Å². The van der Waals surface area contributed by atoms with Crippen LogP contribution in [0.25, 0.3) is 0 Å². The quantitative estimate of drug-likeness (QED) is 0.775. The first kappa shape index (κ1) is 12.8. The number of hydrogen-bond donors (Lipinski definition) is 2. The molecule has 1 saturated carbocycles. The molecule has 4 nitrogen and oxygen atoms in total. The van der Waals surface area contributed by atoms with Gasteiger partial charge in [-0.05, 0) is 25.7 Å². The number of amides is 1. The maximum absolute atomic E-state index is 12.0. The summed E-state index contributed by atoms with van der Waals surface area (Å²) >= 11 is 0. The average Bonchev–Trinajstić information content (AvgIpc) is 2.76. The van der Waals surface area contributed by atoms with Crippen molar-refractivity contribution in [1.82, 2.24) is 5.32 Å². The van der Waals surface area contributed by atoms with Gasteiger partial charge in [0.05, 0.1) is 19.1 Å². The molecule has 0 aromatic carbocycles. The van der Waals surface area contributed by atoms with E-state index >= 15 is 0 Å². The Morgan fingerprint density at radius 2 is 2.00 bits per heavy atom. The van der Waals surface area contributed by atoms with E-state index in [0.717, 1.165) is 0 Å². The minimum absolute atomic E-state index is 0.0769. The molecule has 17 heavy (non-hydrogen) atoms. The summed E-state index contributed by atoms with van der Waals surface area (Å²) in [5.74, 6) is 0.570. The predicted octanol–water partition coefficient (Wildman–Crippen LogP) is 1.05. The molecule has 1 saturated heterocycles. The van der Waals surface area contributed by atoms with Gasteiger partial charge in [-0.15, -0.1) is 0 Å². The van der Waals surface area contributed by atoms with Gasteiger partial charge in [0, 0.05) is 12.1 Å². The maximum atomic E-state index is 12.0. The van der Waals surface area contributed by atoms with Crippen molar-refractivity contribution >= 4 is 5.91 Å². The topological polar surface area (TPSA) is 64.3 Å². The lowest BCUT2D eigenvalue weighted by Crippen LogP contribution is -2.46. The van der Waals surface area contributed by atoms with Crippen LogP contribution in [0.4, 0.5) is 0 Å². The molecule has 3 atom stereocenters. The highest BCUT2D eigenvalue weighted by molar-refractivity contribution is 5.80. The largest absolute Gasteiger partial charge is 0.379 e. The lowest BCUT2D eigenvalue weighted by molar-refractivity contribution is -0.126. The van der Waals surface area contributed by atoms with E-state index in [1.54, 1.807) is 0 Å². The van der Waals surface area contributed by atoms with Crippen LogP contribution in [0.1, 0.15) is 39.0 Å². The molecule has 0 spiro atoms. The Labute approximate surface area is 103 Å². The van der Waals surface area contributed by atoms with Crippen LogP contribution in [0.2, 0.25) is 0 Å². The Morgan fingerprint density at radius 3 is 2.59 bits per heavy atom. The van der Waals surface area contributed by atoms with Gasteiger partial charge >= 0.3 is 0 Å². The van der Waals surface area contributed by atoms with Gasteiger partial charge in [-0.25, -0.2) is 0 Å². The highest BCUT2D eigenvalue weighted by Crippen LogP contribution is 2.26. The number of carbonyl (C=O) groups excluding carboxylic acids is 1. The molecule has 2 aliphatic rings. The Balaban J connectivity index is 1.80. The third-order valence-electron chi connectivity index (χ3n) is 4.19. The second kappa shape index (κ2) is 5.83. The van der Waals surface area contributed by atoms with Gasteiger partial charge in [0.2, 0.25) is 5.91 Å². The molecular weight excluding hydrogens is 216 g/mol. The molecule has 2 unspecified atom stereocenters. The van der Waals surface area contributed by atoms with E-state index in [9.17, 15) is 4.79 Å². The highest BCUT2D eigenvalue weighted by Gasteiger charge is 2.33. The Bertz CT molecular complexity index is 264. The predicted molar refractivity (Wildman–Crippen MR) is 66.5 cm³/mol. The lowest BCUT2D eigenvalue weighted by atomic mass is 9.84. The van der Waals surface area contributed by atoms with Crippen molar-refractivity contribution in [3.63, 3.8) is 0 Å². The van der Waals surface area contributed by atoms with E-state index in [1.807, 2.05) is 0 Å². The number of hydrogen-bond acceptors (Lipinski definition) is 3. The zero-order valence-electron chi connectivity index (χ0n) is 10.7. The van der Waals surface area contributed by atoms with Crippen LogP contribution < -0.4 is 11.1 Å². The van der Waals surface area contributed by atoms with Crippen LogP contribution >= 0.6 is 0 Å². The minimum atomic E-state index is -0.152. The molecule has 98 valence electrons. The van der Waals surface area contributed by atoms with E-state index in [-0.39, 0.29) is 23.9 Å². The van der Waals surface area contributed by atoms with Crippen molar-refractivity contribution in [3.05, 3.63) is 0 Å². The molecule has 1 heterocycles. The van der Waals surface area contributed by atoms with Crippen molar-refractivity contribution in [2.45, 2.75) is 51.1 Å². The first-order chi connectivity index (χ1) is 8.18. The van der Waals surface area contributed by atoms with E-state index in [0.29, 0.717) is 19.1 Å². The maximum Gasteiger partial charge on any atom is 0.227 e. The number of nitrogens with one attached hydrogen (secondary N) is 1. The van der Waals surface area contributed by atoms with E-state index in [4.69, 9.17) is 10.5 Å². The van der Waals surface area contributed by atoms with Gasteiger partial charge < -0.3 is 15.8 Å². The summed E-state index contributed by atoms with van der Waals surface area (Å²) < 4.78 is 5.23. The van der Waals surface area contributed by atoms with Crippen LogP contribution in [0.5, 0.6) is 0 Å². The Hall–Kier alpha value is -0.610. The van der Waals surface area contributed by atoms with Gasteiger partial charge in [0.15, 0.2) is 0 Å². The fourth-order valence-electron chi connectivity index (χ4n) is 2.92. The zero-order valence-corrected chi connectivity index (χ0v) is 10.7. The summed E-state index contributed by atoms with van der Waals surface area (Å²) in [7, 11) is 0. The molecule has 1 amide bonds. The molecule has 2 fully saturated rings. The average molecular weight is 240 g/mol. The van der Waals surface area contributed by atoms with E-state index < -0.39 is 0 Å². The summed E-state index contributed by atoms with van der Waals surface area (Å²) in [5.41, 5.74) is 5.85. The fraction of sp³-hybridized carbons (Fsp3) is 0.923. The van der Waals surface area contributed by atoms with Crippen molar-refractivity contribution in [3.8, 4) is 0 Å². The molecule has 2 rings (SSSR count). The SMILES string of the molecule is C[C@H](NC(=O)C1COCC1N)C1CCCCC1. The van der Waals surface area contributed by atoms with Gasteiger partial charge in [0.1, 0.15) is 0 Å². The number of nitrogens with two attached hydrogens (primary N) is 1. The standard InChI is InChI=1S/C13H24N2O2/c1-9(10-5-3-2-4-6-10)15-13(16)11-7-17-8-12(11)14/h9-12H,2-8,14H2,1H3,(H,15,16)/t9-,11?,12?/m0/s1. The number of carbonyl (C=O) groups is 1. The van der Waals surface area contributed by atoms with Crippen LogP contribution in [0, 0.1) is 11.8 Å². The van der Waals surface area contributed by atoms with Crippen LogP contribution in [-0.4, -0.2) is 31.2 Å². The van der Waals surface area contributed by atoms with Gasteiger partial charge in [-0.3, -0.25) is 4.79 Å². The molecule has 1 aliphatic heterocycles. The smallest absolute Gasteiger partial charge is 0.227 e. The lowest BCUT2D eigenvalue weighted by Gasteiger charge is -2.29. The molecule has 4 heteroatoms. The minimum Gasteiger partial charge on any atom is -0.379 e. The molecule has 0 aromatic heterocycles. The summed E-state index contributed by atoms with van der Waals surface area (Å²) in [6.07, 6.45) is 6.44. The van der Waals surface area contributed by atoms with Crippen LogP contribution in [0.15, 0.2) is 0 Å². The molecular formula is C13H24N2O2. The van der Waals surface area contributed by atoms with E-state index in [1.165, 1.54) is 32.1 Å². The third-order valence-corrected chi connectivity index (χ3v) is 4.19. The number of rotatable bonds is 3. The summed E-state index contributed by atoms with van der Waals surface area (Å²) in [6, 6.07) is 0.143. The second-order valence-corrected chi connectivity index (χ2v) is 5.50. The van der Waals surface area contributed by atoms with E-state index in [2.05, 4.69) is 12.2 Å². The monoisotopic (exact) mass is 240 g/mol. The Kier molecular flexibility index (Phi) is 4.40. The zero-order chi connectivity index (χ0) is 12.3. The van der Waals surface area contributed by atoms with Gasteiger partial charge in [0.25, 0.3) is 0 Å². The van der Waals surface area contributed by atoms with Crippen molar-refractivity contribution in [2.75, 3.05) is 13.2 Å². The first-order valence-electron chi connectivity index (χ1n) is 6.82. The first-order valence-corrected chi connectivity index (χ1v) is 6.82. The highest BCUT2D eigenvalue weighted by atomic mass is 16.5. The molecule has 3 N–H and O–H groups in total. The number of ether oxygens (including phenoxy) is 1. The summed E-state index contributed by atoms with van der Waals surface area (Å²) in [4.78, 5) is 12.0. The van der Waals surface area contributed by atoms with Gasteiger partial charge in [-0.1, -0.05) is 19.3 Å². The van der Waals surface area contributed by atoms with Crippen molar-refractivity contribution < 1.29 is 9.53 Å². The fourth-order valence-corrected chi connectivity index (χ4v) is 2.92. The normalized spacial score (nSPS) is 32.4. The van der Waals surface area contributed by atoms with Crippen molar-refractivity contribution in [2.24, 2.45) is 17.6 Å². The third kappa shape index (κ3) is 3.19. The van der Waals surface area contributed by atoms with Crippen LogP contribution in [-0.2, 0) is 9.53 Å². The Morgan fingerprint density at radius 1 is 1.29 bits per heavy atom. The second-order valence-electron chi connectivity index (χ2n) is 5.50. The van der Waals surface area contributed by atoms with Crippen molar-refractivity contribution in [1.29, 1.82) is 0 Å². The molecule has 0 aromatic rings.